The van der Waals surface area contributed by atoms with E-state index in [4.69, 9.17) is 0 Å². The van der Waals surface area contributed by atoms with E-state index in [0.29, 0.717) is 19.5 Å². The topological polar surface area (TPSA) is 74.2 Å². The van der Waals surface area contributed by atoms with Crippen molar-refractivity contribution in [2.45, 2.75) is 46.1 Å². The second kappa shape index (κ2) is 8.92. The summed E-state index contributed by atoms with van der Waals surface area (Å²) < 4.78 is 0. The molecule has 0 bridgehead atoms. The van der Waals surface area contributed by atoms with Crippen molar-refractivity contribution in [2.75, 3.05) is 13.1 Å². The third kappa shape index (κ3) is 6.86. The van der Waals surface area contributed by atoms with Crippen LogP contribution in [0, 0.1) is 5.92 Å². The molecule has 20 heavy (non-hydrogen) atoms. The van der Waals surface area contributed by atoms with Crippen LogP contribution in [0.2, 0.25) is 0 Å². The van der Waals surface area contributed by atoms with Crippen LogP contribution in [0.25, 0.3) is 0 Å². The predicted octanol–water partition coefficient (Wildman–Crippen LogP) is 1.95. The van der Waals surface area contributed by atoms with Crippen molar-refractivity contribution in [1.29, 1.82) is 0 Å². The number of thiazole rings is 1. The molecule has 2 amide bonds. The highest BCUT2D eigenvalue weighted by atomic mass is 32.1. The Morgan fingerprint density at radius 2 is 2.20 bits per heavy atom. The van der Waals surface area contributed by atoms with Crippen LogP contribution in [0.3, 0.4) is 0 Å². The second-order valence-corrected chi connectivity index (χ2v) is 6.35. The minimum atomic E-state index is -0.326. The highest BCUT2D eigenvalue weighted by Gasteiger charge is 2.08. The number of aliphatic hydroxyl groups excluding tert-OH is 1. The predicted molar refractivity (Wildman–Crippen MR) is 82.1 cm³/mol. The van der Waals surface area contributed by atoms with Crippen molar-refractivity contribution in [3.05, 3.63) is 16.1 Å². The minimum Gasteiger partial charge on any atom is -0.393 e. The Morgan fingerprint density at radius 1 is 1.45 bits per heavy atom. The number of urea groups is 1. The number of aryl methyl sites for hydroxylation is 1. The third-order valence-electron chi connectivity index (χ3n) is 2.93. The number of aromatic nitrogens is 1. The molecule has 0 saturated carbocycles. The van der Waals surface area contributed by atoms with Crippen LogP contribution in [0.4, 0.5) is 4.79 Å². The summed E-state index contributed by atoms with van der Waals surface area (Å²) in [5.41, 5.74) is 0. The molecule has 0 fully saturated rings. The summed E-state index contributed by atoms with van der Waals surface area (Å²) in [4.78, 5) is 17.2. The fourth-order valence-corrected chi connectivity index (χ4v) is 2.77. The van der Waals surface area contributed by atoms with Gasteiger partial charge in [-0.1, -0.05) is 13.8 Å². The molecule has 3 N–H and O–H groups in total. The number of aliphatic hydroxyl groups is 1. The van der Waals surface area contributed by atoms with E-state index in [1.807, 2.05) is 13.1 Å². The Hall–Kier alpha value is -1.14. The molecule has 114 valence electrons. The Morgan fingerprint density at radius 3 is 2.80 bits per heavy atom. The smallest absolute Gasteiger partial charge is 0.314 e. The van der Waals surface area contributed by atoms with E-state index in [2.05, 4.69) is 22.5 Å². The quantitative estimate of drug-likeness (QED) is 0.687. The fourth-order valence-electron chi connectivity index (χ4n) is 1.91. The molecule has 1 rings (SSSR count). The highest BCUT2D eigenvalue weighted by Crippen LogP contribution is 2.13. The number of amides is 2. The summed E-state index contributed by atoms with van der Waals surface area (Å²) in [6.45, 7) is 7.04. The Bertz CT molecular complexity index is 407. The summed E-state index contributed by atoms with van der Waals surface area (Å²) in [5.74, 6) is 0.270. The molecule has 5 nitrogen and oxygen atoms in total. The van der Waals surface area contributed by atoms with Crippen molar-refractivity contribution in [2.24, 2.45) is 5.92 Å². The molecule has 0 aliphatic rings. The summed E-state index contributed by atoms with van der Waals surface area (Å²) in [6.07, 6.45) is 4.04. The first-order chi connectivity index (χ1) is 9.51. The number of hydrogen-bond donors (Lipinski definition) is 3. The van der Waals surface area contributed by atoms with Gasteiger partial charge in [-0.25, -0.2) is 9.78 Å². The number of nitrogens with one attached hydrogen (secondary N) is 2. The second-order valence-electron chi connectivity index (χ2n) is 5.15. The van der Waals surface area contributed by atoms with Crippen LogP contribution in [0.1, 0.15) is 37.1 Å². The maximum Gasteiger partial charge on any atom is 0.314 e. The first-order valence-corrected chi connectivity index (χ1v) is 7.96. The standard InChI is InChI=1S/C14H25N3O2S/c1-4-12-9-16-13(20-12)5-6-15-14(19)17-8-10(2)7-11(3)18/h9-11,18H,4-8H2,1-3H3,(H2,15,17,19). The summed E-state index contributed by atoms with van der Waals surface area (Å²) in [6, 6.07) is -0.158. The van der Waals surface area contributed by atoms with E-state index in [1.54, 1.807) is 18.3 Å². The number of rotatable bonds is 8. The zero-order valence-corrected chi connectivity index (χ0v) is 13.3. The Labute approximate surface area is 124 Å². The van der Waals surface area contributed by atoms with Gasteiger partial charge in [-0.15, -0.1) is 11.3 Å². The van der Waals surface area contributed by atoms with Crippen LogP contribution < -0.4 is 10.6 Å². The zero-order chi connectivity index (χ0) is 15.0. The van der Waals surface area contributed by atoms with E-state index >= 15 is 0 Å². The fraction of sp³-hybridized carbons (Fsp3) is 0.714. The number of carbonyl (C=O) groups is 1. The molecule has 0 aliphatic heterocycles. The largest absolute Gasteiger partial charge is 0.393 e. The molecule has 1 aromatic rings. The average molecular weight is 299 g/mol. The molecule has 0 radical (unpaired) electrons. The lowest BCUT2D eigenvalue weighted by Crippen LogP contribution is -2.39. The van der Waals surface area contributed by atoms with Crippen molar-refractivity contribution in [3.8, 4) is 0 Å². The van der Waals surface area contributed by atoms with Crippen LogP contribution in [-0.4, -0.2) is 35.3 Å². The van der Waals surface area contributed by atoms with Gasteiger partial charge in [0, 0.05) is 30.6 Å². The Kier molecular flexibility index (Phi) is 7.54. The summed E-state index contributed by atoms with van der Waals surface area (Å²) in [5, 5.41) is 15.9. The molecule has 1 aromatic heterocycles. The summed E-state index contributed by atoms with van der Waals surface area (Å²) in [7, 11) is 0. The third-order valence-corrected chi connectivity index (χ3v) is 4.13. The molecule has 0 saturated heterocycles. The normalized spacial score (nSPS) is 13.8. The molecular weight excluding hydrogens is 274 g/mol. The van der Waals surface area contributed by atoms with Crippen molar-refractivity contribution in [1.82, 2.24) is 15.6 Å². The maximum atomic E-state index is 11.6. The van der Waals surface area contributed by atoms with Crippen molar-refractivity contribution < 1.29 is 9.90 Å². The van der Waals surface area contributed by atoms with Gasteiger partial charge >= 0.3 is 6.03 Å². The van der Waals surface area contributed by atoms with Gasteiger partial charge in [0.2, 0.25) is 0 Å². The van der Waals surface area contributed by atoms with Gasteiger partial charge in [0.1, 0.15) is 0 Å². The average Bonchev–Trinajstić information content (AvgIpc) is 2.83. The SMILES string of the molecule is CCc1cnc(CCNC(=O)NCC(C)CC(C)O)s1. The molecule has 2 unspecified atom stereocenters. The van der Waals surface area contributed by atoms with E-state index in [1.165, 1.54) is 4.88 Å². The molecule has 0 aromatic carbocycles. The van der Waals surface area contributed by atoms with Gasteiger partial charge in [0.05, 0.1) is 11.1 Å². The lowest BCUT2D eigenvalue weighted by molar-refractivity contribution is 0.163. The molecule has 1 heterocycles. The van der Waals surface area contributed by atoms with Crippen molar-refractivity contribution in [3.63, 3.8) is 0 Å². The van der Waals surface area contributed by atoms with Gasteiger partial charge in [-0.2, -0.15) is 0 Å². The lowest BCUT2D eigenvalue weighted by Gasteiger charge is -2.14. The number of carbonyl (C=O) groups excluding carboxylic acids is 1. The zero-order valence-electron chi connectivity index (χ0n) is 12.5. The van der Waals surface area contributed by atoms with E-state index in [-0.39, 0.29) is 18.1 Å². The molecule has 0 spiro atoms. The van der Waals surface area contributed by atoms with Gasteiger partial charge in [-0.05, 0) is 25.7 Å². The molecule has 6 heteroatoms. The monoisotopic (exact) mass is 299 g/mol. The number of nitrogens with zero attached hydrogens (tertiary/aromatic N) is 1. The summed E-state index contributed by atoms with van der Waals surface area (Å²) >= 11 is 1.70. The molecule has 2 atom stereocenters. The maximum absolute atomic E-state index is 11.6. The first-order valence-electron chi connectivity index (χ1n) is 7.14. The van der Waals surface area contributed by atoms with Crippen LogP contribution in [-0.2, 0) is 12.8 Å². The van der Waals surface area contributed by atoms with Gasteiger partial charge < -0.3 is 15.7 Å². The van der Waals surface area contributed by atoms with Gasteiger partial charge in [0.25, 0.3) is 0 Å². The molecular formula is C14H25N3O2S. The number of hydrogen-bond acceptors (Lipinski definition) is 4. The van der Waals surface area contributed by atoms with Crippen LogP contribution >= 0.6 is 11.3 Å². The lowest BCUT2D eigenvalue weighted by atomic mass is 10.1. The van der Waals surface area contributed by atoms with E-state index in [9.17, 15) is 9.90 Å². The highest BCUT2D eigenvalue weighted by molar-refractivity contribution is 7.11. The van der Waals surface area contributed by atoms with Gasteiger partial charge in [0.15, 0.2) is 0 Å². The van der Waals surface area contributed by atoms with Crippen LogP contribution in [0.5, 0.6) is 0 Å². The first kappa shape index (κ1) is 16.9. The van der Waals surface area contributed by atoms with E-state index < -0.39 is 0 Å². The van der Waals surface area contributed by atoms with Crippen molar-refractivity contribution >= 4 is 17.4 Å². The van der Waals surface area contributed by atoms with E-state index in [0.717, 1.165) is 17.8 Å². The molecule has 0 aliphatic carbocycles. The minimum absolute atomic E-state index is 0.158. The van der Waals surface area contributed by atoms with Gasteiger partial charge in [-0.3, -0.25) is 0 Å². The van der Waals surface area contributed by atoms with Crippen LogP contribution in [0.15, 0.2) is 6.20 Å². The Balaban J connectivity index is 2.13.